The van der Waals surface area contributed by atoms with E-state index in [0.717, 1.165) is 0 Å². The number of rotatable bonds is 2. The van der Waals surface area contributed by atoms with Crippen molar-refractivity contribution >= 4 is 115 Å². The average Bonchev–Trinajstić information content (AvgIpc) is 2.04. The van der Waals surface area contributed by atoms with Crippen LogP contribution in [0.15, 0.2) is 24.3 Å². The molecule has 66 valence electrons. The van der Waals surface area contributed by atoms with Gasteiger partial charge in [-0.25, -0.2) is 9.59 Å². The number of carboxylic acids is 2. The Morgan fingerprint density at radius 1 is 0.929 bits per heavy atom. The van der Waals surface area contributed by atoms with Gasteiger partial charge in [0.15, 0.2) is 0 Å². The van der Waals surface area contributed by atoms with Crippen molar-refractivity contribution in [1.29, 1.82) is 0 Å². The monoisotopic (exact) mass is 247 g/mol. The van der Waals surface area contributed by atoms with Gasteiger partial charge in [-0.15, -0.1) is 0 Å². The first-order valence-electron chi connectivity index (χ1n) is 3.18. The molecule has 6 heteroatoms. The van der Waals surface area contributed by atoms with Crippen LogP contribution in [0.5, 0.6) is 0 Å². The van der Waals surface area contributed by atoms with E-state index in [-0.39, 0.29) is 115 Å². The topological polar surface area (TPSA) is 74.6 Å². The molecule has 2 N–H and O–H groups in total. The van der Waals surface area contributed by atoms with Crippen molar-refractivity contribution in [1.82, 2.24) is 0 Å². The molecule has 0 fully saturated rings. The van der Waals surface area contributed by atoms with Gasteiger partial charge < -0.3 is 10.2 Å². The van der Waals surface area contributed by atoms with Crippen molar-refractivity contribution < 1.29 is 21.2 Å². The van der Waals surface area contributed by atoms with Crippen LogP contribution >= 0.6 is 0 Å². The van der Waals surface area contributed by atoms with E-state index in [9.17, 15) is 9.59 Å². The summed E-state index contributed by atoms with van der Waals surface area (Å²) in [5, 5.41) is 17.1. The summed E-state index contributed by atoms with van der Waals surface area (Å²) in [6.45, 7) is 0. The molecule has 0 aliphatic rings. The van der Waals surface area contributed by atoms with Crippen LogP contribution in [-0.4, -0.2) is 125 Å². The second kappa shape index (κ2) is 8.57. The molecule has 1 aromatic rings. The van der Waals surface area contributed by atoms with Crippen LogP contribution in [0.3, 0.4) is 0 Å². The molecule has 0 saturated carbocycles. The van der Waals surface area contributed by atoms with Crippen LogP contribution in [0.2, 0.25) is 0 Å². The third-order valence-electron chi connectivity index (χ3n) is 1.39. The summed E-state index contributed by atoms with van der Waals surface area (Å²) < 4.78 is 0. The minimum absolute atomic E-state index is 0. The number of benzene rings is 1. The summed E-state index contributed by atoms with van der Waals surface area (Å²) in [6.07, 6.45) is 0. The van der Waals surface area contributed by atoms with Crippen LogP contribution in [0.4, 0.5) is 0 Å². The zero-order valence-corrected chi connectivity index (χ0v) is 6.02. The number of carboxylic acid groups (broad SMARTS) is 2. The van der Waals surface area contributed by atoms with Crippen LogP contribution < -0.4 is 0 Å². The molecular formula is C8H9K2O4+. The van der Waals surface area contributed by atoms with Crippen molar-refractivity contribution in [3.05, 3.63) is 35.4 Å². The van der Waals surface area contributed by atoms with E-state index in [4.69, 9.17) is 10.2 Å². The van der Waals surface area contributed by atoms with E-state index < -0.39 is 11.9 Å². The number of aromatic carboxylic acids is 2. The molecule has 0 radical (unpaired) electrons. The van der Waals surface area contributed by atoms with Crippen molar-refractivity contribution in [3.8, 4) is 0 Å². The van der Waals surface area contributed by atoms with Gasteiger partial charge >= 0.3 is 116 Å². The zero-order valence-electron chi connectivity index (χ0n) is 7.02. The third kappa shape index (κ3) is 4.97. The summed E-state index contributed by atoms with van der Waals surface area (Å²) in [5.74, 6) is -2.46. The van der Waals surface area contributed by atoms with E-state index in [1.807, 2.05) is 0 Å². The van der Waals surface area contributed by atoms with Crippen LogP contribution in [-0.2, 0) is 0 Å². The molecule has 0 aliphatic heterocycles. The molecule has 0 aliphatic carbocycles. The maximum atomic E-state index is 10.5. The Balaban J connectivity index is -0.000000480. The molecule has 0 aromatic heterocycles. The first-order valence-corrected chi connectivity index (χ1v) is 3.18. The van der Waals surface area contributed by atoms with Crippen LogP contribution in [0.1, 0.15) is 22.1 Å². The summed E-state index contributed by atoms with van der Waals surface area (Å²) in [5.41, 5.74) is -0.380. The normalized spacial score (nSPS) is 8.00. The van der Waals surface area contributed by atoms with E-state index in [1.165, 1.54) is 24.3 Å². The van der Waals surface area contributed by atoms with Gasteiger partial charge in [-0.2, -0.15) is 0 Å². The Bertz CT molecular complexity index is 310. The van der Waals surface area contributed by atoms with E-state index in [1.54, 1.807) is 0 Å². The van der Waals surface area contributed by atoms with Crippen molar-refractivity contribution in [2.45, 2.75) is 0 Å². The van der Waals surface area contributed by atoms with Gasteiger partial charge in [-0.3, -0.25) is 0 Å². The third-order valence-corrected chi connectivity index (χ3v) is 1.39. The zero-order chi connectivity index (χ0) is 9.14. The van der Waals surface area contributed by atoms with Gasteiger partial charge in [0.1, 0.15) is 0 Å². The predicted octanol–water partition coefficient (Wildman–Crippen LogP) is -0.102. The van der Waals surface area contributed by atoms with Crippen molar-refractivity contribution in [2.75, 3.05) is 0 Å². The minimum atomic E-state index is -1.23. The molecular weight excluding hydrogens is 238 g/mol. The summed E-state index contributed by atoms with van der Waals surface area (Å²) in [4.78, 5) is 20.9. The maximum absolute atomic E-state index is 10.5. The molecule has 0 unspecified atom stereocenters. The number of hydrogen-bond donors (Lipinski definition) is 2. The van der Waals surface area contributed by atoms with Gasteiger partial charge in [-0.1, -0.05) is 12.1 Å². The Labute approximate surface area is 167 Å². The van der Waals surface area contributed by atoms with Gasteiger partial charge in [-0.05, 0) is 12.1 Å². The molecule has 0 spiro atoms. The first kappa shape index (κ1) is 17.8. The van der Waals surface area contributed by atoms with Gasteiger partial charge in [0.25, 0.3) is 0 Å². The summed E-state index contributed by atoms with van der Waals surface area (Å²) in [7, 11) is 0. The van der Waals surface area contributed by atoms with Crippen LogP contribution in [0, 0.1) is 0 Å². The fourth-order valence-electron chi connectivity index (χ4n) is 0.856. The Morgan fingerprint density at radius 2 is 1.21 bits per heavy atom. The number of carbonyl (C=O) groups is 2. The molecule has 1 rings (SSSR count). The average molecular weight is 247 g/mol. The Kier molecular flexibility index (Phi) is 10.9. The molecule has 14 heavy (non-hydrogen) atoms. The van der Waals surface area contributed by atoms with Crippen molar-refractivity contribution in [3.63, 3.8) is 0 Å². The quantitative estimate of drug-likeness (QED) is 0.716. The van der Waals surface area contributed by atoms with E-state index in [2.05, 4.69) is 0 Å². The Hall–Kier alpha value is 1.43. The van der Waals surface area contributed by atoms with Gasteiger partial charge in [0.2, 0.25) is 0 Å². The van der Waals surface area contributed by atoms with Crippen molar-refractivity contribution in [2.24, 2.45) is 0 Å². The van der Waals surface area contributed by atoms with Gasteiger partial charge in [0.05, 0.1) is 11.1 Å². The predicted molar refractivity (Wildman–Crippen MR) is 55.8 cm³/mol. The second-order valence-corrected chi connectivity index (χ2v) is 2.16. The number of hydrogen-bond acceptors (Lipinski definition) is 2. The second-order valence-electron chi connectivity index (χ2n) is 2.16. The molecule has 0 heterocycles. The molecule has 0 atom stereocenters. The first-order chi connectivity index (χ1) is 5.63. The molecule has 0 bridgehead atoms. The summed E-state index contributed by atoms with van der Waals surface area (Å²) in [6, 6.07) is 5.48. The van der Waals surface area contributed by atoms with Gasteiger partial charge in [0, 0.05) is 0 Å². The summed E-state index contributed by atoms with van der Waals surface area (Å²) >= 11 is 0. The fraction of sp³-hybridized carbons (Fsp3) is 0. The van der Waals surface area contributed by atoms with E-state index in [0.29, 0.717) is 0 Å². The van der Waals surface area contributed by atoms with Crippen LogP contribution in [0.25, 0.3) is 0 Å². The van der Waals surface area contributed by atoms with E-state index >= 15 is 0 Å². The SMILES string of the molecule is O=C(O)c1ccccc1C(=O)O.[H+].[KH].[KH]. The molecule has 1 aromatic carbocycles. The molecule has 4 nitrogen and oxygen atoms in total. The fourth-order valence-corrected chi connectivity index (χ4v) is 0.856. The standard InChI is InChI=1S/C8H6O4.2K.2H/c9-7(10)5-3-1-2-4-6(5)8(11)12;;;;/h1-4H,(H,9,10)(H,11,12);;;;/p+1. The molecule has 0 saturated heterocycles. The Morgan fingerprint density at radius 3 is 1.43 bits per heavy atom. The molecule has 0 amide bonds.